The van der Waals surface area contributed by atoms with E-state index < -0.39 is 0 Å². The van der Waals surface area contributed by atoms with Crippen LogP contribution in [0.3, 0.4) is 0 Å². The fourth-order valence-electron chi connectivity index (χ4n) is 7.68. The van der Waals surface area contributed by atoms with Crippen LogP contribution in [0.4, 0.5) is 0 Å². The summed E-state index contributed by atoms with van der Waals surface area (Å²) in [5.41, 5.74) is 13.9. The van der Waals surface area contributed by atoms with Gasteiger partial charge in [-0.15, -0.1) is 0 Å². The zero-order valence-electron chi connectivity index (χ0n) is 28.3. The van der Waals surface area contributed by atoms with Gasteiger partial charge in [0.05, 0.1) is 11.4 Å². The molecular formula is C49H32N2O. The molecule has 3 nitrogen and oxygen atoms in total. The smallest absolute Gasteiger partial charge is 0.160 e. The molecule has 0 fully saturated rings. The van der Waals surface area contributed by atoms with Crippen molar-refractivity contribution in [3.63, 3.8) is 0 Å². The molecule has 0 N–H and O–H groups in total. The number of fused-ring (bicyclic) bond motifs is 5. The maximum atomic E-state index is 6.15. The molecule has 0 amide bonds. The first-order valence-corrected chi connectivity index (χ1v) is 17.7. The van der Waals surface area contributed by atoms with Crippen LogP contribution >= 0.6 is 0 Å². The van der Waals surface area contributed by atoms with E-state index in [-0.39, 0.29) is 0 Å². The number of para-hydroxylation sites is 1. The Morgan fingerprint density at radius 2 is 1.06 bits per heavy atom. The summed E-state index contributed by atoms with van der Waals surface area (Å²) in [5, 5.41) is 4.56. The minimum atomic E-state index is 0.701. The van der Waals surface area contributed by atoms with Crippen molar-refractivity contribution < 1.29 is 4.42 Å². The molecule has 1 aliphatic rings. The normalized spacial score (nSPS) is 12.6. The van der Waals surface area contributed by atoms with Crippen LogP contribution in [0, 0.1) is 0 Å². The molecule has 9 aromatic rings. The van der Waals surface area contributed by atoms with Gasteiger partial charge in [0, 0.05) is 27.5 Å². The van der Waals surface area contributed by atoms with Gasteiger partial charge in [-0.1, -0.05) is 158 Å². The Kier molecular flexibility index (Phi) is 7.21. The van der Waals surface area contributed by atoms with Crippen molar-refractivity contribution in [2.75, 3.05) is 0 Å². The molecular weight excluding hydrogens is 633 g/mol. The minimum absolute atomic E-state index is 0.701. The molecule has 0 radical (unpaired) electrons. The second-order valence-corrected chi connectivity index (χ2v) is 13.2. The summed E-state index contributed by atoms with van der Waals surface area (Å²) in [7, 11) is 0. The Balaban J connectivity index is 1.16. The largest absolute Gasteiger partial charge is 0.456 e. The zero-order valence-corrected chi connectivity index (χ0v) is 28.3. The molecule has 0 aliphatic heterocycles. The SMILES string of the molecule is C1=Cc2c(cccc2-c2cc(-c3ccc(-c4ccc5oc6ccccc6c5c4)c4ccccc34)nc(-c3ccccc3)n2)C(c2ccccc2)=CC1. The molecule has 0 atom stereocenters. The molecule has 1 aliphatic carbocycles. The van der Waals surface area contributed by atoms with E-state index in [0.717, 1.165) is 67.4 Å². The topological polar surface area (TPSA) is 38.9 Å². The summed E-state index contributed by atoms with van der Waals surface area (Å²) < 4.78 is 6.15. The summed E-state index contributed by atoms with van der Waals surface area (Å²) in [4.78, 5) is 10.5. The Morgan fingerprint density at radius 1 is 0.423 bits per heavy atom. The third-order valence-corrected chi connectivity index (χ3v) is 10.1. The number of rotatable bonds is 5. The molecule has 0 bridgehead atoms. The Morgan fingerprint density at radius 3 is 1.87 bits per heavy atom. The monoisotopic (exact) mass is 664 g/mol. The average molecular weight is 665 g/mol. The number of furan rings is 1. The van der Waals surface area contributed by atoms with Crippen LogP contribution in [0.25, 0.3) is 89.4 Å². The quantitative estimate of drug-likeness (QED) is 0.184. The summed E-state index contributed by atoms with van der Waals surface area (Å²) in [6.07, 6.45) is 7.69. The minimum Gasteiger partial charge on any atom is -0.456 e. The molecule has 0 spiro atoms. The van der Waals surface area contributed by atoms with Crippen molar-refractivity contribution >= 4 is 44.4 Å². The van der Waals surface area contributed by atoms with Gasteiger partial charge in [0.2, 0.25) is 0 Å². The van der Waals surface area contributed by atoms with Gasteiger partial charge < -0.3 is 4.42 Å². The van der Waals surface area contributed by atoms with Crippen LogP contribution in [-0.4, -0.2) is 9.97 Å². The van der Waals surface area contributed by atoms with Gasteiger partial charge in [-0.2, -0.15) is 0 Å². The fraction of sp³-hybridized carbons (Fsp3) is 0.0204. The van der Waals surface area contributed by atoms with Crippen molar-refractivity contribution in [3.05, 3.63) is 193 Å². The Labute approximate surface area is 301 Å². The van der Waals surface area contributed by atoms with E-state index in [2.05, 4.69) is 152 Å². The standard InChI is InChI=1S/C49H32N2O/c1-3-14-32(15-4-1)35-18-7-8-20-39-38(35)23-13-24-41(39)45-31-46(51-49(50-45)33-16-5-2-6-17-33)42-28-27-36(37-19-9-10-21-40(37)42)34-26-29-48-44(30-34)43-22-11-12-25-47(43)52-48/h1-6,8-31H,7H2. The van der Waals surface area contributed by atoms with Crippen LogP contribution in [0.5, 0.6) is 0 Å². The summed E-state index contributed by atoms with van der Waals surface area (Å²) in [6, 6.07) is 57.5. The van der Waals surface area contributed by atoms with E-state index in [0.29, 0.717) is 5.82 Å². The Bertz CT molecular complexity index is 2860. The first kappa shape index (κ1) is 30.0. The fourth-order valence-corrected chi connectivity index (χ4v) is 7.68. The number of nitrogens with zero attached hydrogens (tertiary/aromatic N) is 2. The zero-order chi connectivity index (χ0) is 34.4. The van der Waals surface area contributed by atoms with Gasteiger partial charge in [-0.25, -0.2) is 9.97 Å². The molecule has 10 rings (SSSR count). The van der Waals surface area contributed by atoms with Gasteiger partial charge >= 0.3 is 0 Å². The van der Waals surface area contributed by atoms with Gasteiger partial charge in [-0.3, -0.25) is 0 Å². The van der Waals surface area contributed by atoms with E-state index in [9.17, 15) is 0 Å². The van der Waals surface area contributed by atoms with Crippen LogP contribution < -0.4 is 0 Å². The van der Waals surface area contributed by atoms with Crippen LogP contribution in [0.1, 0.15) is 23.1 Å². The van der Waals surface area contributed by atoms with E-state index in [1.165, 1.54) is 33.2 Å². The van der Waals surface area contributed by atoms with Crippen molar-refractivity contribution in [2.45, 2.75) is 6.42 Å². The maximum Gasteiger partial charge on any atom is 0.160 e. The second-order valence-electron chi connectivity index (χ2n) is 13.2. The van der Waals surface area contributed by atoms with Crippen molar-refractivity contribution in [1.29, 1.82) is 0 Å². The predicted octanol–water partition coefficient (Wildman–Crippen LogP) is 13.0. The molecule has 2 aromatic heterocycles. The highest BCUT2D eigenvalue weighted by atomic mass is 16.3. The lowest BCUT2D eigenvalue weighted by Crippen LogP contribution is -1.99. The number of hydrogen-bond donors (Lipinski definition) is 0. The van der Waals surface area contributed by atoms with E-state index in [1.54, 1.807) is 0 Å². The van der Waals surface area contributed by atoms with E-state index in [4.69, 9.17) is 14.4 Å². The first-order valence-electron chi connectivity index (χ1n) is 17.7. The van der Waals surface area contributed by atoms with Crippen LogP contribution in [-0.2, 0) is 0 Å². The third-order valence-electron chi connectivity index (χ3n) is 10.1. The molecule has 7 aromatic carbocycles. The number of aromatic nitrogens is 2. The number of hydrogen-bond acceptors (Lipinski definition) is 3. The number of benzene rings is 7. The third kappa shape index (κ3) is 5.14. The molecule has 0 saturated heterocycles. The molecule has 0 unspecified atom stereocenters. The molecule has 0 saturated carbocycles. The van der Waals surface area contributed by atoms with E-state index in [1.807, 2.05) is 30.3 Å². The van der Waals surface area contributed by atoms with E-state index >= 15 is 0 Å². The maximum absolute atomic E-state index is 6.15. The first-order chi connectivity index (χ1) is 25.8. The highest BCUT2D eigenvalue weighted by Gasteiger charge is 2.19. The van der Waals surface area contributed by atoms with Crippen molar-refractivity contribution in [2.24, 2.45) is 0 Å². The van der Waals surface area contributed by atoms with Gasteiger partial charge in [0.25, 0.3) is 0 Å². The van der Waals surface area contributed by atoms with Gasteiger partial charge in [0.15, 0.2) is 5.82 Å². The molecule has 52 heavy (non-hydrogen) atoms. The van der Waals surface area contributed by atoms with Crippen LogP contribution in [0.15, 0.2) is 180 Å². The lowest BCUT2D eigenvalue weighted by molar-refractivity contribution is 0.669. The van der Waals surface area contributed by atoms with Gasteiger partial charge in [-0.05, 0) is 74.8 Å². The predicted molar refractivity (Wildman–Crippen MR) is 216 cm³/mol. The average Bonchev–Trinajstić information content (AvgIpc) is 3.44. The second kappa shape index (κ2) is 12.5. The molecule has 3 heteroatoms. The van der Waals surface area contributed by atoms with Crippen molar-refractivity contribution in [3.8, 4) is 45.0 Å². The van der Waals surface area contributed by atoms with Crippen molar-refractivity contribution in [1.82, 2.24) is 9.97 Å². The summed E-state index contributed by atoms with van der Waals surface area (Å²) in [5.74, 6) is 0.701. The lowest BCUT2D eigenvalue weighted by Gasteiger charge is -2.17. The summed E-state index contributed by atoms with van der Waals surface area (Å²) in [6.45, 7) is 0. The number of allylic oxidation sites excluding steroid dienone is 2. The molecule has 244 valence electrons. The van der Waals surface area contributed by atoms with Gasteiger partial charge in [0.1, 0.15) is 11.2 Å². The lowest BCUT2D eigenvalue weighted by atomic mass is 9.90. The summed E-state index contributed by atoms with van der Waals surface area (Å²) >= 11 is 0. The highest BCUT2D eigenvalue weighted by Crippen LogP contribution is 2.41. The molecule has 2 heterocycles. The Hall–Kier alpha value is -6.84. The van der Waals surface area contributed by atoms with Crippen LogP contribution in [0.2, 0.25) is 0 Å². The highest BCUT2D eigenvalue weighted by molar-refractivity contribution is 6.09.